The Morgan fingerprint density at radius 2 is 1.92 bits per heavy atom. The van der Waals surface area contributed by atoms with Gasteiger partial charge in [-0.15, -0.1) is 0 Å². The van der Waals surface area contributed by atoms with Crippen LogP contribution in [0.3, 0.4) is 0 Å². The van der Waals surface area contributed by atoms with Crippen molar-refractivity contribution in [3.63, 3.8) is 0 Å². The van der Waals surface area contributed by atoms with E-state index in [0.29, 0.717) is 0 Å². The molecule has 13 heavy (non-hydrogen) atoms. The maximum atomic E-state index is 10.4. The van der Waals surface area contributed by atoms with Crippen LogP contribution >= 0.6 is 0 Å². The molecule has 0 N–H and O–H groups in total. The molecule has 0 radical (unpaired) electrons. The quantitative estimate of drug-likeness (QED) is 0.652. The number of hydrogen-bond donors (Lipinski definition) is 0. The van der Waals surface area contributed by atoms with E-state index >= 15 is 0 Å². The van der Waals surface area contributed by atoms with Crippen molar-refractivity contribution in [2.45, 2.75) is 13.0 Å². The monoisotopic (exact) mass is 175 g/mol. The lowest BCUT2D eigenvalue weighted by atomic mass is 10.1. The van der Waals surface area contributed by atoms with E-state index in [4.69, 9.17) is 0 Å². The first kappa shape index (κ1) is 8.45. The molecule has 0 bridgehead atoms. The van der Waals surface area contributed by atoms with Gasteiger partial charge in [-0.3, -0.25) is 9.69 Å². The molecule has 2 nitrogen and oxygen atoms in total. The Labute approximate surface area is 78.2 Å². The van der Waals surface area contributed by atoms with Crippen LogP contribution < -0.4 is 0 Å². The molecular weight excluding hydrogens is 162 g/mol. The third-order valence-corrected chi connectivity index (χ3v) is 2.47. The molecule has 1 fully saturated rings. The van der Waals surface area contributed by atoms with Crippen molar-refractivity contribution in [1.82, 2.24) is 4.90 Å². The zero-order valence-corrected chi connectivity index (χ0v) is 7.57. The number of aldehydes is 1. The Balaban J connectivity index is 2.00. The fraction of sp³-hybridized carbons (Fsp3) is 0.364. The van der Waals surface area contributed by atoms with Gasteiger partial charge in [0.2, 0.25) is 0 Å². The van der Waals surface area contributed by atoms with Crippen molar-refractivity contribution < 1.29 is 4.79 Å². The number of benzene rings is 1. The molecule has 1 aromatic rings. The number of rotatable bonds is 3. The van der Waals surface area contributed by atoms with Crippen LogP contribution in [0.1, 0.15) is 22.3 Å². The molecule has 1 aliphatic heterocycles. The Kier molecular flexibility index (Phi) is 2.41. The number of carbonyl (C=O) groups is 1. The molecule has 0 saturated carbocycles. The summed E-state index contributed by atoms with van der Waals surface area (Å²) in [6.07, 6.45) is 2.21. The minimum Gasteiger partial charge on any atom is -0.299 e. The van der Waals surface area contributed by atoms with Gasteiger partial charge < -0.3 is 0 Å². The van der Waals surface area contributed by atoms with Crippen molar-refractivity contribution >= 4 is 6.29 Å². The topological polar surface area (TPSA) is 20.3 Å². The molecule has 1 saturated heterocycles. The number of hydrogen-bond acceptors (Lipinski definition) is 2. The Morgan fingerprint density at radius 1 is 1.23 bits per heavy atom. The highest BCUT2D eigenvalue weighted by atomic mass is 16.1. The van der Waals surface area contributed by atoms with E-state index in [0.717, 1.165) is 18.4 Å². The normalized spacial score (nSPS) is 16.6. The molecule has 0 unspecified atom stereocenters. The lowest BCUT2D eigenvalue weighted by Crippen LogP contribution is -2.36. The predicted molar refractivity (Wildman–Crippen MR) is 51.7 cm³/mol. The fourth-order valence-corrected chi connectivity index (χ4v) is 1.50. The summed E-state index contributed by atoms with van der Waals surface area (Å²) in [5.41, 5.74) is 2.05. The largest absolute Gasteiger partial charge is 0.299 e. The van der Waals surface area contributed by atoms with Crippen LogP contribution in [0.15, 0.2) is 24.3 Å². The first-order chi connectivity index (χ1) is 6.38. The van der Waals surface area contributed by atoms with E-state index in [1.165, 1.54) is 25.1 Å². The molecule has 1 aliphatic rings. The van der Waals surface area contributed by atoms with Crippen LogP contribution in [-0.2, 0) is 6.54 Å². The van der Waals surface area contributed by atoms with Crippen LogP contribution in [0.4, 0.5) is 0 Å². The van der Waals surface area contributed by atoms with Gasteiger partial charge in [0.1, 0.15) is 6.29 Å². The summed E-state index contributed by atoms with van der Waals surface area (Å²) in [7, 11) is 0. The van der Waals surface area contributed by atoms with E-state index in [2.05, 4.69) is 4.90 Å². The molecular formula is C11H13NO. The van der Waals surface area contributed by atoms with Gasteiger partial charge in [-0.05, 0) is 25.1 Å². The standard InChI is InChI=1S/C11H13NO/c13-9-11-4-2-10(3-5-11)8-12-6-1-7-12/h2-5,9H,1,6-8H2. The smallest absolute Gasteiger partial charge is 0.150 e. The molecule has 0 amide bonds. The van der Waals surface area contributed by atoms with Gasteiger partial charge in [-0.1, -0.05) is 24.3 Å². The molecule has 1 aromatic carbocycles. The minimum atomic E-state index is 0.757. The highest BCUT2D eigenvalue weighted by Gasteiger charge is 2.13. The van der Waals surface area contributed by atoms with Gasteiger partial charge in [0.25, 0.3) is 0 Å². The van der Waals surface area contributed by atoms with Crippen LogP contribution in [0.5, 0.6) is 0 Å². The SMILES string of the molecule is O=Cc1ccc(CN2CCC2)cc1. The maximum absolute atomic E-state index is 10.4. The first-order valence-corrected chi connectivity index (χ1v) is 4.65. The maximum Gasteiger partial charge on any atom is 0.150 e. The second-order valence-electron chi connectivity index (χ2n) is 3.49. The van der Waals surface area contributed by atoms with Gasteiger partial charge in [-0.25, -0.2) is 0 Å². The van der Waals surface area contributed by atoms with Crippen molar-refractivity contribution in [1.29, 1.82) is 0 Å². The van der Waals surface area contributed by atoms with E-state index in [1.54, 1.807) is 0 Å². The zero-order chi connectivity index (χ0) is 9.10. The molecule has 68 valence electrons. The minimum absolute atomic E-state index is 0.757. The van der Waals surface area contributed by atoms with Gasteiger partial charge in [0.15, 0.2) is 0 Å². The third-order valence-electron chi connectivity index (χ3n) is 2.47. The first-order valence-electron chi connectivity index (χ1n) is 4.65. The number of carbonyl (C=O) groups excluding carboxylic acids is 1. The summed E-state index contributed by atoms with van der Waals surface area (Å²) in [5, 5.41) is 0. The molecule has 0 atom stereocenters. The summed E-state index contributed by atoms with van der Waals surface area (Å²) in [4.78, 5) is 12.8. The van der Waals surface area contributed by atoms with Crippen LogP contribution in [0, 0.1) is 0 Å². The average Bonchev–Trinajstić information content (AvgIpc) is 2.12. The van der Waals surface area contributed by atoms with Gasteiger partial charge in [-0.2, -0.15) is 0 Å². The van der Waals surface area contributed by atoms with Crippen molar-refractivity contribution in [3.05, 3.63) is 35.4 Å². The van der Waals surface area contributed by atoms with Gasteiger partial charge >= 0.3 is 0 Å². The Hall–Kier alpha value is -1.15. The highest BCUT2D eigenvalue weighted by Crippen LogP contribution is 2.12. The number of nitrogens with zero attached hydrogens (tertiary/aromatic N) is 1. The summed E-state index contributed by atoms with van der Waals surface area (Å²) in [5.74, 6) is 0. The molecule has 2 rings (SSSR count). The van der Waals surface area contributed by atoms with Crippen LogP contribution in [-0.4, -0.2) is 24.3 Å². The van der Waals surface area contributed by atoms with E-state index in [9.17, 15) is 4.79 Å². The second-order valence-corrected chi connectivity index (χ2v) is 3.49. The number of likely N-dealkylation sites (tertiary alicyclic amines) is 1. The van der Waals surface area contributed by atoms with Crippen LogP contribution in [0.2, 0.25) is 0 Å². The van der Waals surface area contributed by atoms with Crippen molar-refractivity contribution in [2.75, 3.05) is 13.1 Å². The highest BCUT2D eigenvalue weighted by molar-refractivity contribution is 5.74. The fourth-order valence-electron chi connectivity index (χ4n) is 1.50. The van der Waals surface area contributed by atoms with Crippen molar-refractivity contribution in [2.24, 2.45) is 0 Å². The third kappa shape index (κ3) is 1.95. The summed E-state index contributed by atoms with van der Waals surface area (Å²) >= 11 is 0. The molecule has 0 aliphatic carbocycles. The molecule has 2 heteroatoms. The zero-order valence-electron chi connectivity index (χ0n) is 7.57. The lowest BCUT2D eigenvalue weighted by molar-refractivity contribution is 0.112. The van der Waals surface area contributed by atoms with Crippen LogP contribution in [0.25, 0.3) is 0 Å². The van der Waals surface area contributed by atoms with E-state index in [-0.39, 0.29) is 0 Å². The molecule has 0 spiro atoms. The average molecular weight is 175 g/mol. The Bertz CT molecular complexity index is 287. The predicted octanol–water partition coefficient (Wildman–Crippen LogP) is 1.70. The van der Waals surface area contributed by atoms with Gasteiger partial charge in [0, 0.05) is 12.1 Å². The second kappa shape index (κ2) is 3.71. The summed E-state index contributed by atoms with van der Waals surface area (Å²) in [6, 6.07) is 7.81. The van der Waals surface area contributed by atoms with Crippen molar-refractivity contribution in [3.8, 4) is 0 Å². The summed E-state index contributed by atoms with van der Waals surface area (Å²) < 4.78 is 0. The summed E-state index contributed by atoms with van der Waals surface area (Å²) in [6.45, 7) is 3.46. The Morgan fingerprint density at radius 3 is 2.38 bits per heavy atom. The van der Waals surface area contributed by atoms with E-state index in [1.807, 2.05) is 24.3 Å². The van der Waals surface area contributed by atoms with Gasteiger partial charge in [0.05, 0.1) is 0 Å². The molecule has 1 heterocycles. The lowest BCUT2D eigenvalue weighted by Gasteiger charge is -2.30. The molecule has 0 aromatic heterocycles. The van der Waals surface area contributed by atoms with E-state index < -0.39 is 0 Å².